The summed E-state index contributed by atoms with van der Waals surface area (Å²) in [6, 6.07) is 15.5. The quantitative estimate of drug-likeness (QED) is 0.565. The van der Waals surface area contributed by atoms with Crippen LogP contribution in [0.4, 0.5) is 0 Å². The standard InChI is InChI=1S/C17H14BrN3O/c1-21-11-15(14-7-2-3-8-16(14)21)17(22)20-19-10-12-5-4-6-13(18)9-12/h2-11H,1H3,(H,20,22)/b19-10-. The van der Waals surface area contributed by atoms with Crippen molar-refractivity contribution in [2.45, 2.75) is 0 Å². The van der Waals surface area contributed by atoms with E-state index in [1.165, 1.54) is 0 Å². The smallest absolute Gasteiger partial charge is 0.273 e. The minimum Gasteiger partial charge on any atom is -0.350 e. The van der Waals surface area contributed by atoms with Gasteiger partial charge in [-0.3, -0.25) is 4.79 Å². The Morgan fingerprint density at radius 1 is 1.23 bits per heavy atom. The number of para-hydroxylation sites is 1. The molecule has 0 aliphatic carbocycles. The molecule has 110 valence electrons. The van der Waals surface area contributed by atoms with Crippen LogP contribution in [0.15, 0.2) is 64.3 Å². The highest BCUT2D eigenvalue weighted by Crippen LogP contribution is 2.20. The number of hydrogen-bond acceptors (Lipinski definition) is 2. The number of carbonyl (C=O) groups is 1. The number of aryl methyl sites for hydroxylation is 1. The lowest BCUT2D eigenvalue weighted by Gasteiger charge is -1.98. The van der Waals surface area contributed by atoms with Gasteiger partial charge in [-0.25, -0.2) is 5.43 Å². The fourth-order valence-electron chi connectivity index (χ4n) is 2.34. The van der Waals surface area contributed by atoms with Crippen LogP contribution in [0, 0.1) is 0 Å². The first kappa shape index (κ1) is 14.5. The molecule has 0 saturated carbocycles. The van der Waals surface area contributed by atoms with Gasteiger partial charge in [-0.15, -0.1) is 0 Å². The molecule has 1 N–H and O–H groups in total. The van der Waals surface area contributed by atoms with E-state index in [0.717, 1.165) is 20.9 Å². The van der Waals surface area contributed by atoms with E-state index in [2.05, 4.69) is 26.5 Å². The molecule has 1 heterocycles. The Morgan fingerprint density at radius 3 is 2.86 bits per heavy atom. The van der Waals surface area contributed by atoms with Crippen LogP contribution < -0.4 is 5.43 Å². The second-order valence-corrected chi connectivity index (χ2v) is 5.84. The topological polar surface area (TPSA) is 46.4 Å². The first-order valence-electron chi connectivity index (χ1n) is 6.78. The molecule has 3 aromatic rings. The van der Waals surface area contributed by atoms with Gasteiger partial charge in [0.1, 0.15) is 0 Å². The van der Waals surface area contributed by atoms with Crippen molar-refractivity contribution in [2.24, 2.45) is 12.1 Å². The van der Waals surface area contributed by atoms with Crippen molar-refractivity contribution in [3.63, 3.8) is 0 Å². The highest BCUT2D eigenvalue weighted by atomic mass is 79.9. The van der Waals surface area contributed by atoms with E-state index in [9.17, 15) is 4.79 Å². The molecular formula is C17H14BrN3O. The van der Waals surface area contributed by atoms with Crippen molar-refractivity contribution >= 4 is 39.0 Å². The molecule has 0 aliphatic rings. The molecule has 1 amide bonds. The minimum atomic E-state index is -0.219. The van der Waals surface area contributed by atoms with Crippen LogP contribution in [0.5, 0.6) is 0 Å². The molecule has 3 rings (SSSR count). The Balaban J connectivity index is 1.79. The number of rotatable bonds is 3. The van der Waals surface area contributed by atoms with Crippen molar-refractivity contribution in [1.29, 1.82) is 0 Å². The van der Waals surface area contributed by atoms with Crippen LogP contribution in [0.1, 0.15) is 15.9 Å². The van der Waals surface area contributed by atoms with Gasteiger partial charge in [-0.1, -0.05) is 46.3 Å². The van der Waals surface area contributed by atoms with Crippen molar-refractivity contribution in [3.8, 4) is 0 Å². The van der Waals surface area contributed by atoms with Gasteiger partial charge < -0.3 is 4.57 Å². The number of carbonyl (C=O) groups excluding carboxylic acids is 1. The number of nitrogens with one attached hydrogen (secondary N) is 1. The third kappa shape index (κ3) is 2.94. The fraction of sp³-hybridized carbons (Fsp3) is 0.0588. The lowest BCUT2D eigenvalue weighted by molar-refractivity contribution is 0.0956. The Morgan fingerprint density at radius 2 is 2.05 bits per heavy atom. The normalized spacial score (nSPS) is 11.2. The summed E-state index contributed by atoms with van der Waals surface area (Å²) in [5.74, 6) is -0.219. The summed E-state index contributed by atoms with van der Waals surface area (Å²) in [6.07, 6.45) is 3.43. The molecule has 0 atom stereocenters. The lowest BCUT2D eigenvalue weighted by atomic mass is 10.2. The van der Waals surface area contributed by atoms with Crippen LogP contribution in [-0.4, -0.2) is 16.7 Å². The maximum absolute atomic E-state index is 12.3. The summed E-state index contributed by atoms with van der Waals surface area (Å²) >= 11 is 3.40. The molecule has 5 heteroatoms. The maximum atomic E-state index is 12.3. The monoisotopic (exact) mass is 355 g/mol. The van der Waals surface area contributed by atoms with Gasteiger partial charge in [0, 0.05) is 28.6 Å². The average molecular weight is 356 g/mol. The highest BCUT2D eigenvalue weighted by molar-refractivity contribution is 9.10. The van der Waals surface area contributed by atoms with Gasteiger partial charge in [0.2, 0.25) is 0 Å². The van der Waals surface area contributed by atoms with Crippen LogP contribution >= 0.6 is 15.9 Å². The van der Waals surface area contributed by atoms with Crippen molar-refractivity contribution in [2.75, 3.05) is 0 Å². The Bertz CT molecular complexity index is 867. The molecule has 0 radical (unpaired) electrons. The Kier molecular flexibility index (Phi) is 4.06. The first-order valence-corrected chi connectivity index (χ1v) is 7.57. The summed E-state index contributed by atoms with van der Waals surface area (Å²) in [5.41, 5.74) is 5.12. The molecule has 0 spiro atoms. The lowest BCUT2D eigenvalue weighted by Crippen LogP contribution is -2.17. The SMILES string of the molecule is Cn1cc(C(=O)N/N=C\c2cccc(Br)c2)c2ccccc21. The molecule has 0 fully saturated rings. The summed E-state index contributed by atoms with van der Waals surface area (Å²) < 4.78 is 2.90. The first-order chi connectivity index (χ1) is 10.6. The van der Waals surface area contributed by atoms with Crippen LogP contribution in [0.2, 0.25) is 0 Å². The predicted octanol–water partition coefficient (Wildman–Crippen LogP) is 3.70. The van der Waals surface area contributed by atoms with Gasteiger partial charge in [0.25, 0.3) is 5.91 Å². The number of hydrazone groups is 1. The molecule has 0 saturated heterocycles. The molecule has 22 heavy (non-hydrogen) atoms. The van der Waals surface area contributed by atoms with E-state index in [1.54, 1.807) is 6.21 Å². The molecule has 2 aromatic carbocycles. The zero-order valence-electron chi connectivity index (χ0n) is 12.0. The second-order valence-electron chi connectivity index (χ2n) is 4.92. The zero-order valence-corrected chi connectivity index (χ0v) is 13.5. The molecule has 1 aromatic heterocycles. The maximum Gasteiger partial charge on any atom is 0.273 e. The second kappa shape index (κ2) is 6.15. The van der Waals surface area contributed by atoms with E-state index >= 15 is 0 Å². The third-order valence-corrected chi connectivity index (χ3v) is 3.86. The number of fused-ring (bicyclic) bond motifs is 1. The van der Waals surface area contributed by atoms with Crippen molar-refractivity contribution in [3.05, 3.63) is 70.3 Å². The van der Waals surface area contributed by atoms with E-state index in [4.69, 9.17) is 0 Å². The van der Waals surface area contributed by atoms with Crippen molar-refractivity contribution < 1.29 is 4.79 Å². The summed E-state index contributed by atoms with van der Waals surface area (Å²) in [4.78, 5) is 12.3. The van der Waals surface area contributed by atoms with Crippen LogP contribution in [-0.2, 0) is 7.05 Å². The predicted molar refractivity (Wildman–Crippen MR) is 92.1 cm³/mol. The number of nitrogens with zero attached hydrogens (tertiary/aromatic N) is 2. The molecule has 0 aliphatic heterocycles. The van der Waals surface area contributed by atoms with E-state index in [0.29, 0.717) is 5.56 Å². The van der Waals surface area contributed by atoms with E-state index in [1.807, 2.05) is 66.3 Å². The molecular weight excluding hydrogens is 342 g/mol. The molecule has 4 nitrogen and oxygen atoms in total. The average Bonchev–Trinajstić information content (AvgIpc) is 2.85. The number of benzene rings is 2. The molecule has 0 unspecified atom stereocenters. The number of amides is 1. The van der Waals surface area contributed by atoms with Crippen molar-refractivity contribution in [1.82, 2.24) is 9.99 Å². The zero-order chi connectivity index (χ0) is 15.5. The number of aromatic nitrogens is 1. The summed E-state index contributed by atoms with van der Waals surface area (Å²) in [5, 5.41) is 4.94. The van der Waals surface area contributed by atoms with Crippen LogP contribution in [0.25, 0.3) is 10.9 Å². The summed E-state index contributed by atoms with van der Waals surface area (Å²) in [6.45, 7) is 0. The van der Waals surface area contributed by atoms with Gasteiger partial charge in [-0.05, 0) is 23.8 Å². The summed E-state index contributed by atoms with van der Waals surface area (Å²) in [7, 11) is 1.92. The molecule has 0 bridgehead atoms. The van der Waals surface area contributed by atoms with E-state index in [-0.39, 0.29) is 5.91 Å². The van der Waals surface area contributed by atoms with Gasteiger partial charge in [0.05, 0.1) is 11.8 Å². The largest absolute Gasteiger partial charge is 0.350 e. The highest BCUT2D eigenvalue weighted by Gasteiger charge is 2.12. The Labute approximate surface area is 136 Å². The van der Waals surface area contributed by atoms with Gasteiger partial charge in [-0.2, -0.15) is 5.10 Å². The number of halogens is 1. The van der Waals surface area contributed by atoms with Crippen LogP contribution in [0.3, 0.4) is 0 Å². The fourth-order valence-corrected chi connectivity index (χ4v) is 2.75. The van der Waals surface area contributed by atoms with Gasteiger partial charge >= 0.3 is 0 Å². The Hall–Kier alpha value is -2.40. The third-order valence-electron chi connectivity index (χ3n) is 3.37. The number of hydrogen-bond donors (Lipinski definition) is 1. The van der Waals surface area contributed by atoms with Gasteiger partial charge in [0.15, 0.2) is 0 Å². The minimum absolute atomic E-state index is 0.219. The van der Waals surface area contributed by atoms with E-state index < -0.39 is 0 Å².